The van der Waals surface area contributed by atoms with Crippen LogP contribution in [0.25, 0.3) is 0 Å². The van der Waals surface area contributed by atoms with Crippen LogP contribution in [0.3, 0.4) is 0 Å². The van der Waals surface area contributed by atoms with Crippen molar-refractivity contribution in [2.45, 2.75) is 12.8 Å². The topological polar surface area (TPSA) is 63.1 Å². The van der Waals surface area contributed by atoms with Crippen LogP contribution in [0.2, 0.25) is 0 Å². The van der Waals surface area contributed by atoms with Gasteiger partial charge in [-0.05, 0) is 6.92 Å². The largest absolute Gasteiger partial charge is 0.481 e. The lowest BCUT2D eigenvalue weighted by Crippen LogP contribution is -2.09. The molecule has 4 nitrogen and oxygen atoms in total. The van der Waals surface area contributed by atoms with E-state index >= 15 is 0 Å². The number of hydrogen-bond donors (Lipinski definition) is 1. The number of aromatic nitrogens is 2. The van der Waals surface area contributed by atoms with Crippen molar-refractivity contribution in [1.82, 2.24) is 9.97 Å². The molecule has 13 heavy (non-hydrogen) atoms. The van der Waals surface area contributed by atoms with Crippen LogP contribution in [0, 0.1) is 0 Å². The van der Waals surface area contributed by atoms with Crippen molar-refractivity contribution in [2.24, 2.45) is 0 Å². The molecule has 1 heterocycles. The Morgan fingerprint density at radius 3 is 2.62 bits per heavy atom. The molecule has 4 heteroatoms. The molecule has 1 unspecified atom stereocenters. The number of allylic oxidation sites excluding steroid dienone is 1. The summed E-state index contributed by atoms with van der Waals surface area (Å²) in [4.78, 5) is 18.3. The fraction of sp³-hybridized carbons (Fsp3) is 0.222. The summed E-state index contributed by atoms with van der Waals surface area (Å²) in [5.74, 6) is -1.54. The lowest BCUT2D eigenvalue weighted by atomic mass is 10.0. The van der Waals surface area contributed by atoms with Crippen LogP contribution in [0.15, 0.2) is 30.9 Å². The Morgan fingerprint density at radius 1 is 1.54 bits per heavy atom. The van der Waals surface area contributed by atoms with Crippen LogP contribution in [0.5, 0.6) is 0 Å². The van der Waals surface area contributed by atoms with E-state index in [1.165, 1.54) is 18.7 Å². The number of carbonyl (C=O) groups is 1. The molecule has 0 bridgehead atoms. The van der Waals surface area contributed by atoms with Gasteiger partial charge in [-0.1, -0.05) is 12.2 Å². The molecule has 1 atom stereocenters. The minimum absolute atomic E-state index is 0.591. The van der Waals surface area contributed by atoms with Gasteiger partial charge in [-0.3, -0.25) is 4.79 Å². The molecule has 0 radical (unpaired) electrons. The monoisotopic (exact) mass is 178 g/mol. The first-order chi connectivity index (χ1) is 6.25. The first-order valence-electron chi connectivity index (χ1n) is 3.86. The summed E-state index contributed by atoms with van der Waals surface area (Å²) in [6.07, 6.45) is 7.68. The van der Waals surface area contributed by atoms with Gasteiger partial charge in [-0.25, -0.2) is 9.97 Å². The third kappa shape index (κ3) is 2.37. The molecule has 1 aromatic rings. The summed E-state index contributed by atoms with van der Waals surface area (Å²) in [5, 5.41) is 8.85. The fourth-order valence-corrected chi connectivity index (χ4v) is 1.000. The molecule has 1 aromatic heterocycles. The number of aliphatic carboxylic acids is 1. The lowest BCUT2D eigenvalue weighted by Gasteiger charge is -2.05. The van der Waals surface area contributed by atoms with Gasteiger partial charge in [0.2, 0.25) is 0 Å². The molecular weight excluding hydrogens is 168 g/mol. The Hall–Kier alpha value is -1.71. The van der Waals surface area contributed by atoms with Crippen molar-refractivity contribution in [1.29, 1.82) is 0 Å². The van der Waals surface area contributed by atoms with E-state index in [0.29, 0.717) is 5.56 Å². The molecule has 0 spiro atoms. The zero-order chi connectivity index (χ0) is 9.68. The Balaban J connectivity index is 2.96. The van der Waals surface area contributed by atoms with Gasteiger partial charge in [0.1, 0.15) is 12.2 Å². The van der Waals surface area contributed by atoms with Gasteiger partial charge in [0.25, 0.3) is 0 Å². The zero-order valence-corrected chi connectivity index (χ0v) is 7.21. The van der Waals surface area contributed by atoms with Crippen LogP contribution >= 0.6 is 0 Å². The number of rotatable bonds is 3. The maximum Gasteiger partial charge on any atom is 0.314 e. The Bertz CT molecular complexity index is 309. The van der Waals surface area contributed by atoms with E-state index in [0.717, 1.165) is 0 Å². The molecular formula is C9H10N2O2. The molecule has 1 rings (SSSR count). The van der Waals surface area contributed by atoms with E-state index in [4.69, 9.17) is 5.11 Å². The number of carboxylic acid groups (broad SMARTS) is 1. The molecule has 0 aliphatic heterocycles. The summed E-state index contributed by atoms with van der Waals surface area (Å²) in [6.45, 7) is 1.78. The van der Waals surface area contributed by atoms with Crippen molar-refractivity contribution in [2.75, 3.05) is 0 Å². The first-order valence-corrected chi connectivity index (χ1v) is 3.86. The van der Waals surface area contributed by atoms with Gasteiger partial charge >= 0.3 is 5.97 Å². The van der Waals surface area contributed by atoms with Crippen LogP contribution in [-0.2, 0) is 4.79 Å². The molecule has 0 saturated heterocycles. The van der Waals surface area contributed by atoms with Gasteiger partial charge in [0, 0.05) is 18.0 Å². The average molecular weight is 178 g/mol. The molecule has 0 amide bonds. The highest BCUT2D eigenvalue weighted by Gasteiger charge is 2.15. The van der Waals surface area contributed by atoms with Crippen LogP contribution in [-0.4, -0.2) is 21.0 Å². The molecule has 1 N–H and O–H groups in total. The second kappa shape index (κ2) is 4.35. The van der Waals surface area contributed by atoms with Gasteiger partial charge in [0.05, 0.1) is 0 Å². The highest BCUT2D eigenvalue weighted by atomic mass is 16.4. The summed E-state index contributed by atoms with van der Waals surface area (Å²) in [7, 11) is 0. The van der Waals surface area contributed by atoms with Crippen molar-refractivity contribution >= 4 is 5.97 Å². The maximum atomic E-state index is 10.8. The molecule has 68 valence electrons. The highest BCUT2D eigenvalue weighted by Crippen LogP contribution is 2.14. The number of hydrogen-bond acceptors (Lipinski definition) is 3. The van der Waals surface area contributed by atoms with Crippen LogP contribution < -0.4 is 0 Å². The smallest absolute Gasteiger partial charge is 0.314 e. The van der Waals surface area contributed by atoms with Gasteiger partial charge < -0.3 is 5.11 Å². The summed E-state index contributed by atoms with van der Waals surface area (Å²) in [6, 6.07) is 0. The predicted octanol–water partition coefficient (Wildman–Crippen LogP) is 1.22. The zero-order valence-electron chi connectivity index (χ0n) is 7.21. The highest BCUT2D eigenvalue weighted by molar-refractivity contribution is 5.78. The van der Waals surface area contributed by atoms with Crippen LogP contribution in [0.4, 0.5) is 0 Å². The molecule has 0 aliphatic carbocycles. The van der Waals surface area contributed by atoms with E-state index in [1.54, 1.807) is 19.1 Å². The third-order valence-electron chi connectivity index (χ3n) is 1.59. The molecule has 0 aromatic carbocycles. The van der Waals surface area contributed by atoms with E-state index in [1.807, 2.05) is 0 Å². The minimum Gasteiger partial charge on any atom is -0.481 e. The summed E-state index contributed by atoms with van der Waals surface area (Å²) < 4.78 is 0. The Morgan fingerprint density at radius 2 is 2.15 bits per heavy atom. The number of nitrogens with zero attached hydrogens (tertiary/aromatic N) is 2. The average Bonchev–Trinajstić information content (AvgIpc) is 2.15. The molecule has 0 saturated carbocycles. The molecule has 0 aliphatic rings. The standard InChI is InChI=1S/C9H10N2O2/c1-2-3-8(9(12)13)7-4-10-6-11-5-7/h2-6,8H,1H3,(H,12,13). The van der Waals surface area contributed by atoms with Crippen molar-refractivity contribution in [3.05, 3.63) is 36.4 Å². The first kappa shape index (κ1) is 9.38. The second-order valence-corrected chi connectivity index (χ2v) is 2.51. The van der Waals surface area contributed by atoms with Crippen molar-refractivity contribution in [3.63, 3.8) is 0 Å². The van der Waals surface area contributed by atoms with Crippen LogP contribution in [0.1, 0.15) is 18.4 Å². The van der Waals surface area contributed by atoms with Crippen molar-refractivity contribution < 1.29 is 9.90 Å². The SMILES string of the molecule is CC=CC(C(=O)O)c1cncnc1. The maximum absolute atomic E-state index is 10.8. The van der Waals surface area contributed by atoms with E-state index < -0.39 is 11.9 Å². The third-order valence-corrected chi connectivity index (χ3v) is 1.59. The quantitative estimate of drug-likeness (QED) is 0.707. The Kier molecular flexibility index (Phi) is 3.14. The second-order valence-electron chi connectivity index (χ2n) is 2.51. The van der Waals surface area contributed by atoms with Gasteiger partial charge in [-0.15, -0.1) is 0 Å². The normalized spacial score (nSPS) is 13.0. The lowest BCUT2D eigenvalue weighted by molar-refractivity contribution is -0.137. The molecule has 0 fully saturated rings. The fourth-order valence-electron chi connectivity index (χ4n) is 1.000. The van der Waals surface area contributed by atoms with E-state index in [9.17, 15) is 4.79 Å². The number of carboxylic acids is 1. The van der Waals surface area contributed by atoms with Crippen molar-refractivity contribution in [3.8, 4) is 0 Å². The summed E-state index contributed by atoms with van der Waals surface area (Å²) >= 11 is 0. The predicted molar refractivity (Wildman–Crippen MR) is 47.2 cm³/mol. The summed E-state index contributed by atoms with van der Waals surface area (Å²) in [5.41, 5.74) is 0.591. The Labute approximate surface area is 76.0 Å². The minimum atomic E-state index is -0.895. The van der Waals surface area contributed by atoms with Gasteiger partial charge in [-0.2, -0.15) is 0 Å². The van der Waals surface area contributed by atoms with Gasteiger partial charge in [0.15, 0.2) is 0 Å². The van der Waals surface area contributed by atoms with E-state index in [2.05, 4.69) is 9.97 Å². The van der Waals surface area contributed by atoms with E-state index in [-0.39, 0.29) is 0 Å².